The summed E-state index contributed by atoms with van der Waals surface area (Å²) in [6.07, 6.45) is 2.97. The molecule has 0 aliphatic rings. The lowest BCUT2D eigenvalue weighted by atomic mass is 10.2. The molecule has 0 aliphatic heterocycles. The highest BCUT2D eigenvalue weighted by atomic mass is 35.5. The zero-order chi connectivity index (χ0) is 14.0. The van der Waals surface area contributed by atoms with E-state index in [0.29, 0.717) is 5.69 Å². The summed E-state index contributed by atoms with van der Waals surface area (Å²) in [5.74, 6) is -0.403. The van der Waals surface area contributed by atoms with Gasteiger partial charge in [0.25, 0.3) is 5.69 Å². The minimum Gasteiger partial charge on any atom is -0.398 e. The van der Waals surface area contributed by atoms with Gasteiger partial charge >= 0.3 is 5.91 Å². The first-order valence-electron chi connectivity index (χ1n) is 5.24. The van der Waals surface area contributed by atoms with Gasteiger partial charge in [0.15, 0.2) is 12.4 Å². The summed E-state index contributed by atoms with van der Waals surface area (Å²) < 4.78 is 1.28. The fraction of sp³-hybridized carbons (Fsp3) is 0. The van der Waals surface area contributed by atoms with E-state index in [9.17, 15) is 14.9 Å². The van der Waals surface area contributed by atoms with E-state index in [0.717, 1.165) is 6.07 Å². The van der Waals surface area contributed by atoms with Gasteiger partial charge < -0.3 is 5.73 Å². The van der Waals surface area contributed by atoms with Crippen molar-refractivity contribution in [1.82, 2.24) is 0 Å². The number of benzene rings is 1. The molecule has 19 heavy (non-hydrogen) atoms. The molecule has 0 atom stereocenters. The first-order chi connectivity index (χ1) is 8.99. The van der Waals surface area contributed by atoms with E-state index in [-0.39, 0.29) is 16.3 Å². The first kappa shape index (κ1) is 13.0. The second-order valence-electron chi connectivity index (χ2n) is 3.77. The predicted molar refractivity (Wildman–Crippen MR) is 68.9 cm³/mol. The van der Waals surface area contributed by atoms with Gasteiger partial charge in [-0.1, -0.05) is 11.6 Å². The van der Waals surface area contributed by atoms with Gasteiger partial charge in [-0.05, 0) is 12.1 Å². The lowest BCUT2D eigenvalue weighted by Gasteiger charge is -1.98. The first-order valence-corrected chi connectivity index (χ1v) is 5.62. The number of nitrogens with zero attached hydrogens (tertiary/aromatic N) is 2. The van der Waals surface area contributed by atoms with E-state index in [1.54, 1.807) is 12.1 Å². The zero-order valence-corrected chi connectivity index (χ0v) is 10.4. The van der Waals surface area contributed by atoms with Gasteiger partial charge in [-0.3, -0.25) is 10.1 Å². The van der Waals surface area contributed by atoms with Crippen molar-refractivity contribution in [1.29, 1.82) is 0 Å². The summed E-state index contributed by atoms with van der Waals surface area (Å²) in [5, 5.41) is 10.8. The Morgan fingerprint density at radius 3 is 2.47 bits per heavy atom. The van der Waals surface area contributed by atoms with Crippen molar-refractivity contribution in [3.05, 3.63) is 63.4 Å². The lowest BCUT2D eigenvalue weighted by molar-refractivity contribution is -0.570. The Morgan fingerprint density at radius 1 is 1.26 bits per heavy atom. The van der Waals surface area contributed by atoms with Crippen LogP contribution in [0.5, 0.6) is 0 Å². The molecular formula is C12H9ClN3O3+. The SMILES string of the molecule is Nc1cc[n+](C(=O)c2ccc(Cl)c([N+](=O)[O-])c2)cc1. The van der Waals surface area contributed by atoms with E-state index in [1.165, 1.54) is 29.1 Å². The van der Waals surface area contributed by atoms with Crippen molar-refractivity contribution in [2.45, 2.75) is 0 Å². The van der Waals surface area contributed by atoms with E-state index in [2.05, 4.69) is 0 Å². The van der Waals surface area contributed by atoms with Crippen LogP contribution in [0.15, 0.2) is 42.7 Å². The molecule has 1 aromatic carbocycles. The highest BCUT2D eigenvalue weighted by molar-refractivity contribution is 6.32. The molecule has 1 heterocycles. The predicted octanol–water partition coefficient (Wildman–Crippen LogP) is 1.81. The van der Waals surface area contributed by atoms with Crippen LogP contribution in [0.1, 0.15) is 10.4 Å². The summed E-state index contributed by atoms with van der Waals surface area (Å²) >= 11 is 5.69. The van der Waals surface area contributed by atoms with Crippen molar-refractivity contribution in [3.63, 3.8) is 0 Å². The second-order valence-corrected chi connectivity index (χ2v) is 4.17. The third-order valence-electron chi connectivity index (χ3n) is 2.48. The Hall–Kier alpha value is -2.47. The number of nitro benzene ring substituents is 1. The second kappa shape index (κ2) is 5.03. The minimum atomic E-state index is -0.632. The number of nitrogens with two attached hydrogens (primary N) is 1. The number of carbonyl (C=O) groups excluding carboxylic acids is 1. The van der Waals surface area contributed by atoms with Crippen molar-refractivity contribution in [2.75, 3.05) is 5.73 Å². The number of rotatable bonds is 2. The third-order valence-corrected chi connectivity index (χ3v) is 2.80. The van der Waals surface area contributed by atoms with Crippen LogP contribution < -0.4 is 10.3 Å². The lowest BCUT2D eigenvalue weighted by Crippen LogP contribution is -2.42. The highest BCUT2D eigenvalue weighted by Gasteiger charge is 2.22. The van der Waals surface area contributed by atoms with Crippen LogP contribution in [0, 0.1) is 10.1 Å². The maximum Gasteiger partial charge on any atom is 0.424 e. The molecule has 2 rings (SSSR count). The topological polar surface area (TPSA) is 90.1 Å². The summed E-state index contributed by atoms with van der Waals surface area (Å²) in [6, 6.07) is 7.02. The number of halogens is 1. The van der Waals surface area contributed by atoms with Crippen LogP contribution in [0.4, 0.5) is 11.4 Å². The summed E-state index contributed by atoms with van der Waals surface area (Å²) in [5.41, 5.74) is 5.91. The standard InChI is InChI=1S/C12H8ClN3O3/c13-10-2-1-8(7-11(10)16(18)19)12(17)15-5-3-9(14)4-6-15/h1-7,14H/p+1. The molecule has 7 heteroatoms. The van der Waals surface area contributed by atoms with Crippen molar-refractivity contribution in [3.8, 4) is 0 Å². The van der Waals surface area contributed by atoms with E-state index < -0.39 is 10.8 Å². The van der Waals surface area contributed by atoms with Gasteiger partial charge in [0.2, 0.25) is 0 Å². The van der Waals surface area contributed by atoms with Crippen molar-refractivity contribution >= 4 is 28.9 Å². The van der Waals surface area contributed by atoms with Gasteiger partial charge in [0.05, 0.1) is 10.5 Å². The molecule has 0 fully saturated rings. The number of nitro groups is 1. The fourth-order valence-corrected chi connectivity index (χ4v) is 1.69. The molecule has 0 aliphatic carbocycles. The largest absolute Gasteiger partial charge is 0.424 e. The number of anilines is 1. The number of hydrogen-bond acceptors (Lipinski definition) is 4. The third kappa shape index (κ3) is 2.69. The molecule has 2 aromatic rings. The number of hydrogen-bond donors (Lipinski definition) is 1. The normalized spacial score (nSPS) is 10.2. The molecule has 96 valence electrons. The summed E-state index contributed by atoms with van der Waals surface area (Å²) in [6.45, 7) is 0. The maximum absolute atomic E-state index is 12.1. The molecule has 0 saturated carbocycles. The molecule has 0 spiro atoms. The minimum absolute atomic E-state index is 0.0103. The Bertz CT molecular complexity index is 656. The molecule has 6 nitrogen and oxygen atoms in total. The number of carbonyl (C=O) groups is 1. The van der Waals surface area contributed by atoms with Gasteiger partial charge in [-0.25, -0.2) is 4.79 Å². The van der Waals surface area contributed by atoms with Crippen LogP contribution in [-0.4, -0.2) is 10.8 Å². The molecule has 0 amide bonds. The Morgan fingerprint density at radius 2 is 1.89 bits per heavy atom. The van der Waals surface area contributed by atoms with E-state index in [1.807, 2.05) is 0 Å². The Balaban J connectivity index is 2.42. The van der Waals surface area contributed by atoms with Crippen LogP contribution in [-0.2, 0) is 0 Å². The molecule has 1 aromatic heterocycles. The highest BCUT2D eigenvalue weighted by Crippen LogP contribution is 2.24. The molecule has 0 bridgehead atoms. The number of pyridine rings is 1. The van der Waals surface area contributed by atoms with Gasteiger partial charge in [0, 0.05) is 23.9 Å². The van der Waals surface area contributed by atoms with Crippen molar-refractivity contribution in [2.24, 2.45) is 0 Å². The zero-order valence-electron chi connectivity index (χ0n) is 9.62. The van der Waals surface area contributed by atoms with E-state index >= 15 is 0 Å². The Kier molecular flexibility index (Phi) is 3.43. The maximum atomic E-state index is 12.1. The van der Waals surface area contributed by atoms with E-state index in [4.69, 9.17) is 17.3 Å². The average molecular weight is 279 g/mol. The van der Waals surface area contributed by atoms with Crippen LogP contribution in [0.2, 0.25) is 5.02 Å². The molecule has 0 unspecified atom stereocenters. The molecule has 0 radical (unpaired) electrons. The fourth-order valence-electron chi connectivity index (χ4n) is 1.51. The van der Waals surface area contributed by atoms with Gasteiger partial charge in [-0.2, -0.15) is 0 Å². The van der Waals surface area contributed by atoms with Crippen LogP contribution in [0.25, 0.3) is 0 Å². The quantitative estimate of drug-likeness (QED) is 0.515. The molecule has 0 saturated heterocycles. The van der Waals surface area contributed by atoms with Gasteiger partial charge in [-0.15, -0.1) is 4.57 Å². The van der Waals surface area contributed by atoms with Crippen LogP contribution >= 0.6 is 11.6 Å². The molecule has 2 N–H and O–H groups in total. The number of nitrogen functional groups attached to an aromatic ring is 1. The van der Waals surface area contributed by atoms with Crippen LogP contribution in [0.3, 0.4) is 0 Å². The Labute approximate surface area is 113 Å². The molecular weight excluding hydrogens is 270 g/mol. The van der Waals surface area contributed by atoms with Gasteiger partial charge in [0.1, 0.15) is 5.02 Å². The smallest absolute Gasteiger partial charge is 0.398 e. The average Bonchev–Trinajstić information content (AvgIpc) is 2.39. The number of aromatic nitrogens is 1. The summed E-state index contributed by atoms with van der Waals surface area (Å²) in [4.78, 5) is 22.2. The van der Waals surface area contributed by atoms with Crippen molar-refractivity contribution < 1.29 is 14.3 Å². The monoisotopic (exact) mass is 278 g/mol. The summed E-state index contributed by atoms with van der Waals surface area (Å²) in [7, 11) is 0.